The van der Waals surface area contributed by atoms with Crippen molar-refractivity contribution in [2.45, 2.75) is 13.2 Å². The molecule has 1 unspecified atom stereocenters. The zero-order valence-corrected chi connectivity index (χ0v) is 15.3. The van der Waals surface area contributed by atoms with Crippen LogP contribution in [0.4, 0.5) is 0 Å². The van der Waals surface area contributed by atoms with Gasteiger partial charge in [0.15, 0.2) is 0 Å². The highest BCUT2D eigenvalue weighted by Gasteiger charge is 2.17. The quantitative estimate of drug-likeness (QED) is 0.385. The van der Waals surface area contributed by atoms with Crippen molar-refractivity contribution in [2.24, 2.45) is 0 Å². The summed E-state index contributed by atoms with van der Waals surface area (Å²) in [6, 6.07) is 0. The third-order valence-electron chi connectivity index (χ3n) is 4.23. The molecule has 2 fully saturated rings. The molecule has 24 heavy (non-hydrogen) atoms. The zero-order chi connectivity index (χ0) is 18.0. The van der Waals surface area contributed by atoms with Crippen LogP contribution in [0.5, 0.6) is 0 Å². The van der Waals surface area contributed by atoms with Gasteiger partial charge in [-0.1, -0.05) is 0 Å². The van der Waals surface area contributed by atoms with Crippen LogP contribution in [0.2, 0.25) is 0 Å². The molecule has 10 heteroatoms. The van der Waals surface area contributed by atoms with Crippen LogP contribution in [0.25, 0.3) is 0 Å². The Morgan fingerprint density at radius 2 is 1.50 bits per heavy atom. The van der Waals surface area contributed by atoms with Gasteiger partial charge in [-0.25, -0.2) is 0 Å². The summed E-state index contributed by atoms with van der Waals surface area (Å²) < 4.78 is 29.6. The van der Waals surface area contributed by atoms with E-state index in [1.54, 1.807) is 0 Å². The Kier molecular flexibility index (Phi) is 10.2. The maximum Gasteiger partial charge on any atom is 0.266 e. The molecule has 0 aromatic rings. The van der Waals surface area contributed by atoms with E-state index in [-0.39, 0.29) is 18.6 Å². The van der Waals surface area contributed by atoms with Crippen LogP contribution in [0, 0.1) is 0 Å². The molecule has 2 saturated heterocycles. The van der Waals surface area contributed by atoms with Crippen molar-refractivity contribution in [3.8, 4) is 0 Å². The van der Waals surface area contributed by atoms with Gasteiger partial charge in [-0.2, -0.15) is 8.42 Å². The second kappa shape index (κ2) is 11.3. The van der Waals surface area contributed by atoms with Crippen LogP contribution in [0.15, 0.2) is 0 Å². The first-order valence-electron chi connectivity index (χ1n) is 8.45. The van der Waals surface area contributed by atoms with E-state index in [2.05, 4.69) is 15.1 Å². The van der Waals surface area contributed by atoms with E-state index in [1.165, 1.54) is 0 Å². The van der Waals surface area contributed by atoms with Gasteiger partial charge in [0.2, 0.25) is 0 Å². The normalized spacial score (nSPS) is 22.7. The third kappa shape index (κ3) is 9.84. The monoisotopic (exact) mass is 368 g/mol. The van der Waals surface area contributed by atoms with Gasteiger partial charge in [0.1, 0.15) is 6.23 Å². The van der Waals surface area contributed by atoms with E-state index < -0.39 is 10.1 Å². The van der Waals surface area contributed by atoms with Crippen molar-refractivity contribution >= 4 is 10.1 Å². The van der Waals surface area contributed by atoms with Crippen molar-refractivity contribution < 1.29 is 23.2 Å². The smallest absolute Gasteiger partial charge is 0.266 e. The molecule has 0 aliphatic carbocycles. The molecule has 0 aromatic carbocycles. The van der Waals surface area contributed by atoms with Crippen LogP contribution in [0.3, 0.4) is 0 Å². The number of piperazine rings is 2. The molecule has 2 aliphatic rings. The van der Waals surface area contributed by atoms with Crippen molar-refractivity contribution in [3.05, 3.63) is 0 Å². The summed E-state index contributed by atoms with van der Waals surface area (Å²) in [7, 11) is -3.84. The van der Waals surface area contributed by atoms with E-state index in [0.29, 0.717) is 13.1 Å². The van der Waals surface area contributed by atoms with Crippen LogP contribution in [-0.4, -0.2) is 122 Å². The van der Waals surface area contributed by atoms with Gasteiger partial charge in [0, 0.05) is 65.4 Å². The van der Waals surface area contributed by atoms with E-state index in [1.807, 2.05) is 11.8 Å². The van der Waals surface area contributed by atoms with Gasteiger partial charge < -0.3 is 15.5 Å². The summed E-state index contributed by atoms with van der Waals surface area (Å²) in [6.07, 6.45) is -0.271. The first-order chi connectivity index (χ1) is 11.3. The SMILES string of the molecule is CC(O)N1CCNCC1.O=S(=O)(O)CCN1CCN(CCO)CC1. The lowest BCUT2D eigenvalue weighted by Crippen LogP contribution is -2.48. The minimum Gasteiger partial charge on any atom is -0.395 e. The zero-order valence-electron chi connectivity index (χ0n) is 14.5. The first kappa shape index (κ1) is 21.7. The number of aliphatic hydroxyl groups is 2. The topological polar surface area (TPSA) is 117 Å². The largest absolute Gasteiger partial charge is 0.395 e. The first-order valence-corrected chi connectivity index (χ1v) is 10.1. The second-order valence-electron chi connectivity index (χ2n) is 6.11. The van der Waals surface area contributed by atoms with E-state index in [9.17, 15) is 8.42 Å². The standard InChI is InChI=1S/C8H18N2O4S.C6H14N2O/c11-7-5-9-1-3-10(4-2-9)6-8-15(12,13)14;1-6(9)8-4-2-7-3-5-8/h11H,1-8H2,(H,12,13,14);6-7,9H,2-5H2,1H3. The predicted octanol–water partition coefficient (Wildman–Crippen LogP) is -2.29. The Morgan fingerprint density at radius 1 is 1.00 bits per heavy atom. The number of β-amino-alcohol motifs (C(OH)–C–C–N with tert-alkyl or cyclic N) is 1. The van der Waals surface area contributed by atoms with Crippen molar-refractivity contribution in [3.63, 3.8) is 0 Å². The Bertz CT molecular complexity index is 421. The summed E-state index contributed by atoms with van der Waals surface area (Å²) in [5.41, 5.74) is 0. The highest BCUT2D eigenvalue weighted by atomic mass is 32.2. The highest BCUT2D eigenvalue weighted by Crippen LogP contribution is 2.01. The van der Waals surface area contributed by atoms with Crippen LogP contribution in [-0.2, 0) is 10.1 Å². The average molecular weight is 369 g/mol. The molecule has 144 valence electrons. The number of hydrogen-bond donors (Lipinski definition) is 4. The maximum absolute atomic E-state index is 10.5. The Hall–Kier alpha value is -0.330. The molecule has 1 atom stereocenters. The highest BCUT2D eigenvalue weighted by molar-refractivity contribution is 7.85. The average Bonchev–Trinajstić information content (AvgIpc) is 2.55. The molecule has 2 rings (SSSR count). The maximum atomic E-state index is 10.5. The molecule has 0 aromatic heterocycles. The van der Waals surface area contributed by atoms with Crippen molar-refractivity contribution in [1.29, 1.82) is 0 Å². The van der Waals surface area contributed by atoms with Gasteiger partial charge in [0.05, 0.1) is 12.4 Å². The molecule has 0 radical (unpaired) electrons. The molecule has 2 heterocycles. The fourth-order valence-electron chi connectivity index (χ4n) is 2.68. The predicted molar refractivity (Wildman–Crippen MR) is 92.5 cm³/mol. The molecular formula is C14H32N4O5S. The van der Waals surface area contributed by atoms with Gasteiger partial charge in [-0.05, 0) is 6.92 Å². The fraction of sp³-hybridized carbons (Fsp3) is 1.00. The molecule has 2 aliphatic heterocycles. The van der Waals surface area contributed by atoms with Crippen LogP contribution >= 0.6 is 0 Å². The Balaban J connectivity index is 0.000000272. The molecule has 9 nitrogen and oxygen atoms in total. The molecule has 0 amide bonds. The van der Waals surface area contributed by atoms with Crippen LogP contribution < -0.4 is 5.32 Å². The fourth-order valence-corrected chi connectivity index (χ4v) is 3.17. The Morgan fingerprint density at radius 3 is 1.88 bits per heavy atom. The van der Waals surface area contributed by atoms with E-state index in [4.69, 9.17) is 14.8 Å². The second-order valence-corrected chi connectivity index (χ2v) is 7.68. The lowest BCUT2D eigenvalue weighted by atomic mass is 10.3. The summed E-state index contributed by atoms with van der Waals surface area (Å²) in [5, 5.41) is 21.0. The van der Waals surface area contributed by atoms with Gasteiger partial charge in [-0.15, -0.1) is 0 Å². The van der Waals surface area contributed by atoms with Crippen molar-refractivity contribution in [1.82, 2.24) is 20.0 Å². The minimum absolute atomic E-state index is 0.158. The van der Waals surface area contributed by atoms with Crippen molar-refractivity contribution in [2.75, 3.05) is 77.8 Å². The molecule has 0 saturated carbocycles. The lowest BCUT2D eigenvalue weighted by molar-refractivity contribution is 0.0112. The summed E-state index contributed by atoms with van der Waals surface area (Å²) in [4.78, 5) is 6.18. The minimum atomic E-state index is -3.84. The molecule has 4 N–H and O–H groups in total. The summed E-state index contributed by atoms with van der Waals surface area (Å²) in [5.74, 6) is -0.201. The van der Waals surface area contributed by atoms with E-state index >= 15 is 0 Å². The van der Waals surface area contributed by atoms with Gasteiger partial charge >= 0.3 is 0 Å². The summed E-state index contributed by atoms with van der Waals surface area (Å²) >= 11 is 0. The van der Waals surface area contributed by atoms with Crippen LogP contribution in [0.1, 0.15) is 6.92 Å². The summed E-state index contributed by atoms with van der Waals surface area (Å²) in [6.45, 7) is 10.2. The van der Waals surface area contributed by atoms with Gasteiger partial charge in [-0.3, -0.25) is 19.3 Å². The van der Waals surface area contributed by atoms with Gasteiger partial charge in [0.25, 0.3) is 10.1 Å². The van der Waals surface area contributed by atoms with E-state index in [0.717, 1.165) is 52.4 Å². The number of nitrogens with one attached hydrogen (secondary N) is 1. The number of rotatable bonds is 6. The number of nitrogens with zero attached hydrogens (tertiary/aromatic N) is 3. The third-order valence-corrected chi connectivity index (χ3v) is 4.93. The lowest BCUT2D eigenvalue weighted by Gasteiger charge is -2.33. The molecule has 0 bridgehead atoms. The number of aliphatic hydroxyl groups excluding tert-OH is 2. The Labute approximate surface area is 145 Å². The molecular weight excluding hydrogens is 336 g/mol. The molecule has 0 spiro atoms. The number of hydrogen-bond acceptors (Lipinski definition) is 8.